The summed E-state index contributed by atoms with van der Waals surface area (Å²) in [5, 5.41) is 8.87. The average molecular weight is 214 g/mol. The van der Waals surface area contributed by atoms with Crippen molar-refractivity contribution in [2.75, 3.05) is 26.7 Å². The molecule has 1 aliphatic heterocycles. The van der Waals surface area contributed by atoms with E-state index in [9.17, 15) is 4.79 Å². The molecule has 15 heavy (non-hydrogen) atoms. The van der Waals surface area contributed by atoms with Crippen molar-refractivity contribution in [2.24, 2.45) is 0 Å². The van der Waals surface area contributed by atoms with E-state index >= 15 is 0 Å². The van der Waals surface area contributed by atoms with E-state index in [1.165, 1.54) is 6.42 Å². The molecule has 0 radical (unpaired) electrons. The summed E-state index contributed by atoms with van der Waals surface area (Å²) in [6.45, 7) is 6.42. The van der Waals surface area contributed by atoms with Gasteiger partial charge in [0.1, 0.15) is 0 Å². The number of rotatable bonds is 4. The third-order valence-corrected chi connectivity index (χ3v) is 3.05. The van der Waals surface area contributed by atoms with Gasteiger partial charge in [-0.05, 0) is 40.3 Å². The minimum absolute atomic E-state index is 0.163. The fourth-order valence-corrected chi connectivity index (χ4v) is 2.30. The predicted molar refractivity (Wildman–Crippen MR) is 60.0 cm³/mol. The number of carboxylic acid groups (broad SMARTS) is 1. The molecule has 0 aromatic heterocycles. The number of carbonyl (C=O) groups is 1. The third-order valence-electron chi connectivity index (χ3n) is 3.05. The molecule has 1 fully saturated rings. The van der Waals surface area contributed by atoms with Crippen molar-refractivity contribution in [2.45, 2.75) is 38.8 Å². The minimum Gasteiger partial charge on any atom is -0.480 e. The number of nitrogens with zero attached hydrogens (tertiary/aromatic N) is 2. The Morgan fingerprint density at radius 1 is 1.60 bits per heavy atom. The second-order valence-corrected chi connectivity index (χ2v) is 4.72. The number of piperidine rings is 1. The van der Waals surface area contributed by atoms with Crippen molar-refractivity contribution in [1.29, 1.82) is 0 Å². The van der Waals surface area contributed by atoms with Gasteiger partial charge in [-0.1, -0.05) is 0 Å². The molecular formula is C11H22N2O2. The van der Waals surface area contributed by atoms with Gasteiger partial charge in [0.15, 0.2) is 0 Å². The molecule has 1 aliphatic rings. The highest BCUT2D eigenvalue weighted by atomic mass is 16.4. The highest BCUT2D eigenvalue weighted by molar-refractivity contribution is 5.69. The molecule has 0 spiro atoms. The van der Waals surface area contributed by atoms with Crippen LogP contribution < -0.4 is 0 Å². The zero-order chi connectivity index (χ0) is 11.4. The van der Waals surface area contributed by atoms with Crippen LogP contribution in [0.25, 0.3) is 0 Å². The van der Waals surface area contributed by atoms with Gasteiger partial charge in [-0.15, -0.1) is 0 Å². The summed E-state index contributed by atoms with van der Waals surface area (Å²) in [5.74, 6) is -0.725. The Morgan fingerprint density at radius 3 is 2.73 bits per heavy atom. The quantitative estimate of drug-likeness (QED) is 0.754. The monoisotopic (exact) mass is 214 g/mol. The maximum atomic E-state index is 10.8. The number of hydrogen-bond acceptors (Lipinski definition) is 3. The summed E-state index contributed by atoms with van der Waals surface area (Å²) in [4.78, 5) is 15.2. The second kappa shape index (κ2) is 5.47. The van der Waals surface area contributed by atoms with Crippen LogP contribution in [0.3, 0.4) is 0 Å². The van der Waals surface area contributed by atoms with E-state index in [1.807, 2.05) is 0 Å². The van der Waals surface area contributed by atoms with Crippen molar-refractivity contribution < 1.29 is 9.90 Å². The third kappa shape index (κ3) is 3.80. The lowest BCUT2D eigenvalue weighted by atomic mass is 10.0. The van der Waals surface area contributed by atoms with Gasteiger partial charge >= 0.3 is 5.97 Å². The van der Waals surface area contributed by atoms with E-state index in [1.54, 1.807) is 0 Å². The minimum atomic E-state index is -0.725. The SMILES string of the molecule is CC(C)N(CC(=O)O)[C@@H]1CCCN(C)C1. The molecule has 1 atom stereocenters. The average Bonchev–Trinajstić information content (AvgIpc) is 2.13. The zero-order valence-electron chi connectivity index (χ0n) is 9.94. The molecule has 88 valence electrons. The predicted octanol–water partition coefficient (Wildman–Crippen LogP) is 0.876. The topological polar surface area (TPSA) is 43.8 Å². The highest BCUT2D eigenvalue weighted by Crippen LogP contribution is 2.16. The number of likely N-dealkylation sites (N-methyl/N-ethyl adjacent to an activating group) is 1. The van der Waals surface area contributed by atoms with E-state index in [4.69, 9.17) is 5.11 Å². The van der Waals surface area contributed by atoms with Gasteiger partial charge in [0, 0.05) is 18.6 Å². The number of carboxylic acids is 1. The van der Waals surface area contributed by atoms with Gasteiger partial charge in [0.2, 0.25) is 0 Å². The van der Waals surface area contributed by atoms with Crippen LogP contribution in [0.2, 0.25) is 0 Å². The summed E-state index contributed by atoms with van der Waals surface area (Å²) >= 11 is 0. The molecule has 0 unspecified atom stereocenters. The van der Waals surface area contributed by atoms with Crippen LogP contribution in [-0.4, -0.2) is 59.6 Å². The van der Waals surface area contributed by atoms with Crippen LogP contribution in [0.15, 0.2) is 0 Å². The fourth-order valence-electron chi connectivity index (χ4n) is 2.30. The molecule has 0 saturated carbocycles. The van der Waals surface area contributed by atoms with Gasteiger partial charge in [-0.3, -0.25) is 9.69 Å². The highest BCUT2D eigenvalue weighted by Gasteiger charge is 2.26. The molecule has 0 bridgehead atoms. The van der Waals surface area contributed by atoms with Gasteiger partial charge in [-0.2, -0.15) is 0 Å². The molecule has 1 saturated heterocycles. The number of hydrogen-bond donors (Lipinski definition) is 1. The van der Waals surface area contributed by atoms with Crippen molar-refractivity contribution in [3.05, 3.63) is 0 Å². The molecule has 0 amide bonds. The number of aliphatic carboxylic acids is 1. The summed E-state index contributed by atoms with van der Waals surface area (Å²) in [6, 6.07) is 0.706. The van der Waals surface area contributed by atoms with Crippen LogP contribution in [0, 0.1) is 0 Å². The first kappa shape index (κ1) is 12.5. The Bertz CT molecular complexity index is 219. The van der Waals surface area contributed by atoms with Crippen molar-refractivity contribution in [3.8, 4) is 0 Å². The lowest BCUT2D eigenvalue weighted by Gasteiger charge is -2.39. The summed E-state index contributed by atoms with van der Waals surface area (Å²) in [7, 11) is 2.10. The first-order valence-corrected chi connectivity index (χ1v) is 5.66. The number of likely N-dealkylation sites (tertiary alicyclic amines) is 1. The molecule has 1 rings (SSSR count). The van der Waals surface area contributed by atoms with Crippen LogP contribution in [-0.2, 0) is 4.79 Å². The summed E-state index contributed by atoms with van der Waals surface area (Å²) < 4.78 is 0. The van der Waals surface area contributed by atoms with Crippen LogP contribution >= 0.6 is 0 Å². The molecule has 0 aliphatic carbocycles. The van der Waals surface area contributed by atoms with Crippen molar-refractivity contribution in [1.82, 2.24) is 9.80 Å². The Balaban J connectivity index is 2.57. The Hall–Kier alpha value is -0.610. The van der Waals surface area contributed by atoms with E-state index < -0.39 is 5.97 Å². The molecule has 4 heteroatoms. The fraction of sp³-hybridized carbons (Fsp3) is 0.909. The lowest BCUT2D eigenvalue weighted by molar-refractivity contribution is -0.139. The van der Waals surface area contributed by atoms with Crippen molar-refractivity contribution >= 4 is 5.97 Å². The van der Waals surface area contributed by atoms with Gasteiger partial charge in [0.05, 0.1) is 6.54 Å². The van der Waals surface area contributed by atoms with E-state index in [0.717, 1.165) is 19.5 Å². The first-order valence-electron chi connectivity index (χ1n) is 5.66. The largest absolute Gasteiger partial charge is 0.480 e. The van der Waals surface area contributed by atoms with Crippen LogP contribution in [0.4, 0.5) is 0 Å². The molecule has 4 nitrogen and oxygen atoms in total. The Labute approximate surface area is 91.9 Å². The van der Waals surface area contributed by atoms with Crippen LogP contribution in [0.5, 0.6) is 0 Å². The van der Waals surface area contributed by atoms with Crippen molar-refractivity contribution in [3.63, 3.8) is 0 Å². The second-order valence-electron chi connectivity index (χ2n) is 4.72. The molecule has 0 aromatic carbocycles. The lowest BCUT2D eigenvalue weighted by Crippen LogP contribution is -2.51. The molecule has 1 N–H and O–H groups in total. The van der Waals surface area contributed by atoms with E-state index in [-0.39, 0.29) is 6.54 Å². The van der Waals surface area contributed by atoms with E-state index in [2.05, 4.69) is 30.7 Å². The maximum absolute atomic E-state index is 10.8. The van der Waals surface area contributed by atoms with Crippen LogP contribution in [0.1, 0.15) is 26.7 Å². The van der Waals surface area contributed by atoms with E-state index in [0.29, 0.717) is 12.1 Å². The smallest absolute Gasteiger partial charge is 0.317 e. The molecular weight excluding hydrogens is 192 g/mol. The summed E-state index contributed by atoms with van der Waals surface area (Å²) in [5.41, 5.74) is 0. The zero-order valence-corrected chi connectivity index (χ0v) is 9.94. The van der Waals surface area contributed by atoms with Gasteiger partial charge in [-0.25, -0.2) is 0 Å². The first-order chi connectivity index (χ1) is 7.00. The Morgan fingerprint density at radius 2 is 2.27 bits per heavy atom. The van der Waals surface area contributed by atoms with Gasteiger partial charge < -0.3 is 10.0 Å². The Kier molecular flexibility index (Phi) is 4.54. The standard InChI is InChI=1S/C11H22N2O2/c1-9(2)13(8-11(14)15)10-5-4-6-12(3)7-10/h9-10H,4-8H2,1-3H3,(H,14,15)/t10-/m1/s1. The molecule has 0 aromatic rings. The normalized spacial score (nSPS) is 23.7. The maximum Gasteiger partial charge on any atom is 0.317 e. The summed E-state index contributed by atoms with van der Waals surface area (Å²) in [6.07, 6.45) is 2.29. The molecule has 1 heterocycles. The van der Waals surface area contributed by atoms with Gasteiger partial charge in [0.25, 0.3) is 0 Å².